The monoisotopic (exact) mass is 264 g/mol. The zero-order chi connectivity index (χ0) is 14.0. The summed E-state index contributed by atoms with van der Waals surface area (Å²) in [4.78, 5) is 16.0. The van der Waals surface area contributed by atoms with Crippen LogP contribution in [0.3, 0.4) is 0 Å². The number of rotatable bonds is 4. The van der Waals surface area contributed by atoms with E-state index in [-0.39, 0.29) is 18.1 Å². The highest BCUT2D eigenvalue weighted by Crippen LogP contribution is 2.31. The maximum atomic E-state index is 11.7. The van der Waals surface area contributed by atoms with E-state index in [0.717, 1.165) is 11.3 Å². The van der Waals surface area contributed by atoms with E-state index in [9.17, 15) is 4.79 Å². The molecule has 0 unspecified atom stereocenters. The zero-order valence-electron chi connectivity index (χ0n) is 11.1. The first-order chi connectivity index (χ1) is 9.08. The summed E-state index contributed by atoms with van der Waals surface area (Å²) in [5.41, 5.74) is 8.13. The molecular formula is C13H16N2O4. The van der Waals surface area contributed by atoms with Crippen LogP contribution in [0.25, 0.3) is 11.1 Å². The maximum Gasteiger partial charge on any atom is 0.376 e. The molecule has 0 fully saturated rings. The van der Waals surface area contributed by atoms with Gasteiger partial charge < -0.3 is 19.6 Å². The number of anilines is 1. The molecule has 0 saturated carbocycles. The lowest BCUT2D eigenvalue weighted by molar-refractivity contribution is 0.0494. The van der Waals surface area contributed by atoms with Gasteiger partial charge >= 0.3 is 5.97 Å². The number of aryl methyl sites for hydroxylation is 1. The second-order valence-corrected chi connectivity index (χ2v) is 4.10. The number of carbonyl (C=O) groups excluding carboxylic acids is 1. The van der Waals surface area contributed by atoms with Crippen LogP contribution in [-0.2, 0) is 16.1 Å². The predicted molar refractivity (Wildman–Crippen MR) is 69.8 cm³/mol. The quantitative estimate of drug-likeness (QED) is 0.850. The molecular weight excluding hydrogens is 248 g/mol. The molecule has 102 valence electrons. The van der Waals surface area contributed by atoms with Crippen LogP contribution in [0.5, 0.6) is 0 Å². The lowest BCUT2D eigenvalue weighted by Gasteiger charge is -2.03. The first kappa shape index (κ1) is 13.4. The third-order valence-electron chi connectivity index (χ3n) is 2.67. The van der Waals surface area contributed by atoms with Crippen LogP contribution in [0, 0.1) is 6.92 Å². The van der Waals surface area contributed by atoms with Gasteiger partial charge in [0.2, 0.25) is 11.5 Å². The summed E-state index contributed by atoms with van der Waals surface area (Å²) in [6.07, 6.45) is 0. The molecule has 2 N–H and O–H groups in total. The van der Waals surface area contributed by atoms with Crippen molar-refractivity contribution in [3.8, 4) is 0 Å². The van der Waals surface area contributed by atoms with E-state index in [4.69, 9.17) is 19.6 Å². The van der Waals surface area contributed by atoms with Crippen LogP contribution in [0.15, 0.2) is 10.5 Å². The summed E-state index contributed by atoms with van der Waals surface area (Å²) >= 11 is 0. The van der Waals surface area contributed by atoms with Gasteiger partial charge in [-0.05, 0) is 25.5 Å². The Kier molecular flexibility index (Phi) is 3.71. The summed E-state index contributed by atoms with van der Waals surface area (Å²) in [5.74, 6) is -0.591. The molecule has 2 aromatic heterocycles. The summed E-state index contributed by atoms with van der Waals surface area (Å²) in [7, 11) is 1.59. The number of nitrogens with zero attached hydrogens (tertiary/aromatic N) is 1. The van der Waals surface area contributed by atoms with Crippen molar-refractivity contribution < 1.29 is 18.7 Å². The minimum atomic E-state index is -0.584. The van der Waals surface area contributed by atoms with E-state index >= 15 is 0 Å². The van der Waals surface area contributed by atoms with Crippen molar-refractivity contribution in [2.75, 3.05) is 19.5 Å². The average Bonchev–Trinajstić information content (AvgIpc) is 2.67. The van der Waals surface area contributed by atoms with Gasteiger partial charge in [-0.3, -0.25) is 0 Å². The Labute approximate surface area is 110 Å². The fourth-order valence-corrected chi connectivity index (χ4v) is 1.95. The van der Waals surface area contributed by atoms with Gasteiger partial charge in [-0.2, -0.15) is 0 Å². The first-order valence-electron chi connectivity index (χ1n) is 5.93. The van der Waals surface area contributed by atoms with E-state index in [2.05, 4.69) is 4.98 Å². The highest BCUT2D eigenvalue weighted by molar-refractivity contribution is 6.03. The number of pyridine rings is 1. The van der Waals surface area contributed by atoms with Gasteiger partial charge in [0.05, 0.1) is 24.3 Å². The largest absolute Gasteiger partial charge is 0.460 e. The van der Waals surface area contributed by atoms with E-state index < -0.39 is 5.97 Å². The Hall–Kier alpha value is -2.08. The fraction of sp³-hybridized carbons (Fsp3) is 0.385. The number of furan rings is 1. The lowest BCUT2D eigenvalue weighted by atomic mass is 10.1. The van der Waals surface area contributed by atoms with Crippen molar-refractivity contribution >= 4 is 22.8 Å². The number of esters is 1. The molecule has 0 atom stereocenters. The van der Waals surface area contributed by atoms with Crippen molar-refractivity contribution in [2.24, 2.45) is 0 Å². The van der Waals surface area contributed by atoms with Gasteiger partial charge in [-0.15, -0.1) is 0 Å². The number of carbonyl (C=O) groups is 1. The molecule has 19 heavy (non-hydrogen) atoms. The molecule has 0 amide bonds. The molecule has 0 aliphatic carbocycles. The van der Waals surface area contributed by atoms with Crippen LogP contribution in [0.1, 0.15) is 28.7 Å². The molecule has 6 nitrogen and oxygen atoms in total. The van der Waals surface area contributed by atoms with Crippen molar-refractivity contribution in [3.05, 3.63) is 23.1 Å². The van der Waals surface area contributed by atoms with Crippen LogP contribution < -0.4 is 5.73 Å². The fourth-order valence-electron chi connectivity index (χ4n) is 1.95. The summed E-state index contributed by atoms with van der Waals surface area (Å²) in [6.45, 7) is 4.18. The lowest BCUT2D eigenvalue weighted by Crippen LogP contribution is -2.05. The Balaban J connectivity index is 2.62. The number of aromatic nitrogens is 1. The maximum absolute atomic E-state index is 11.7. The number of hydrogen-bond donors (Lipinski definition) is 1. The van der Waals surface area contributed by atoms with E-state index in [1.165, 1.54) is 0 Å². The SMILES string of the molecule is CCOC(=O)c1oc2nc(C)cc(COC)c2c1N. The Morgan fingerprint density at radius 2 is 2.26 bits per heavy atom. The first-order valence-corrected chi connectivity index (χ1v) is 5.93. The normalized spacial score (nSPS) is 10.9. The minimum Gasteiger partial charge on any atom is -0.460 e. The number of ether oxygens (including phenoxy) is 2. The van der Waals surface area contributed by atoms with Crippen LogP contribution in [-0.4, -0.2) is 24.7 Å². The van der Waals surface area contributed by atoms with Gasteiger partial charge in [-0.1, -0.05) is 0 Å². The average molecular weight is 264 g/mol. The number of hydrogen-bond acceptors (Lipinski definition) is 6. The Bertz CT molecular complexity index is 619. The molecule has 2 rings (SSSR count). The Morgan fingerprint density at radius 1 is 1.53 bits per heavy atom. The molecule has 0 radical (unpaired) electrons. The summed E-state index contributed by atoms with van der Waals surface area (Å²) in [5, 5.41) is 0.607. The molecule has 0 bridgehead atoms. The third kappa shape index (κ3) is 2.39. The van der Waals surface area contributed by atoms with E-state index in [1.54, 1.807) is 14.0 Å². The second kappa shape index (κ2) is 5.27. The summed E-state index contributed by atoms with van der Waals surface area (Å²) in [6, 6.07) is 1.85. The van der Waals surface area contributed by atoms with E-state index in [1.807, 2.05) is 13.0 Å². The highest BCUT2D eigenvalue weighted by atomic mass is 16.5. The predicted octanol–water partition coefficient (Wildman–Crippen LogP) is 2.04. The molecule has 0 spiro atoms. The smallest absolute Gasteiger partial charge is 0.376 e. The third-order valence-corrected chi connectivity index (χ3v) is 2.67. The zero-order valence-corrected chi connectivity index (χ0v) is 11.1. The summed E-state index contributed by atoms with van der Waals surface area (Å²) < 4.78 is 15.4. The number of nitrogen functional groups attached to an aromatic ring is 1. The molecule has 2 aromatic rings. The molecule has 0 aromatic carbocycles. The van der Waals surface area contributed by atoms with Crippen LogP contribution >= 0.6 is 0 Å². The number of methoxy groups -OCH3 is 1. The number of fused-ring (bicyclic) bond motifs is 1. The molecule has 2 heterocycles. The molecule has 6 heteroatoms. The van der Waals surface area contributed by atoms with Gasteiger partial charge in [0, 0.05) is 12.8 Å². The van der Waals surface area contributed by atoms with Crippen LogP contribution in [0.4, 0.5) is 5.69 Å². The van der Waals surface area contributed by atoms with Gasteiger partial charge in [-0.25, -0.2) is 9.78 Å². The number of nitrogens with two attached hydrogens (primary N) is 1. The molecule has 0 aliphatic heterocycles. The van der Waals surface area contributed by atoms with Gasteiger partial charge in [0.1, 0.15) is 0 Å². The second-order valence-electron chi connectivity index (χ2n) is 4.10. The Morgan fingerprint density at radius 3 is 2.89 bits per heavy atom. The topological polar surface area (TPSA) is 87.6 Å². The highest BCUT2D eigenvalue weighted by Gasteiger charge is 2.22. The van der Waals surface area contributed by atoms with Crippen molar-refractivity contribution in [2.45, 2.75) is 20.5 Å². The van der Waals surface area contributed by atoms with Gasteiger partial charge in [0.25, 0.3) is 0 Å². The molecule has 0 aliphatic rings. The van der Waals surface area contributed by atoms with E-state index in [0.29, 0.717) is 17.7 Å². The molecule has 0 saturated heterocycles. The van der Waals surface area contributed by atoms with Crippen LogP contribution in [0.2, 0.25) is 0 Å². The van der Waals surface area contributed by atoms with Crippen molar-refractivity contribution in [1.29, 1.82) is 0 Å². The van der Waals surface area contributed by atoms with Crippen molar-refractivity contribution in [3.63, 3.8) is 0 Å². The van der Waals surface area contributed by atoms with Crippen molar-refractivity contribution in [1.82, 2.24) is 4.98 Å². The van der Waals surface area contributed by atoms with Gasteiger partial charge in [0.15, 0.2) is 0 Å². The standard InChI is InChI=1S/C13H16N2O4/c1-4-18-13(16)11-10(14)9-8(6-17-3)5-7(2)15-12(9)19-11/h5H,4,6,14H2,1-3H3. The minimum absolute atomic E-state index is 0.00713.